The summed E-state index contributed by atoms with van der Waals surface area (Å²) in [6, 6.07) is 3.29. The van der Waals surface area contributed by atoms with E-state index in [2.05, 4.69) is 35.5 Å². The summed E-state index contributed by atoms with van der Waals surface area (Å²) in [7, 11) is 0. The van der Waals surface area contributed by atoms with Crippen LogP contribution in [0.25, 0.3) is 0 Å². The molecular formula is C16H23N7O2. The molecule has 0 spiro atoms. The lowest BCUT2D eigenvalue weighted by Gasteiger charge is -2.31. The van der Waals surface area contributed by atoms with E-state index in [1.807, 2.05) is 6.07 Å². The minimum Gasteiger partial charge on any atom is -0.391 e. The summed E-state index contributed by atoms with van der Waals surface area (Å²) in [5.74, 6) is 1.79. The lowest BCUT2D eigenvalue weighted by Crippen LogP contribution is -2.38. The SMILES string of the molecule is Cc1cc(=O)[nH]c(NCCNc2nccc(N3CCC[C@@H](O)C3)n2)n1. The maximum absolute atomic E-state index is 11.4. The second-order valence-electron chi connectivity index (χ2n) is 6.07. The van der Waals surface area contributed by atoms with Crippen molar-refractivity contribution in [2.45, 2.75) is 25.9 Å². The molecule has 0 radical (unpaired) electrons. The number of aliphatic hydroxyl groups is 1. The molecule has 2 aromatic rings. The lowest BCUT2D eigenvalue weighted by molar-refractivity contribution is 0.154. The minimum atomic E-state index is -0.298. The minimum absolute atomic E-state index is 0.178. The van der Waals surface area contributed by atoms with Gasteiger partial charge in [0, 0.05) is 44.1 Å². The molecule has 2 aromatic heterocycles. The summed E-state index contributed by atoms with van der Waals surface area (Å²) >= 11 is 0. The van der Waals surface area contributed by atoms with Gasteiger partial charge in [0.15, 0.2) is 0 Å². The average molecular weight is 345 g/mol. The van der Waals surface area contributed by atoms with Crippen molar-refractivity contribution in [1.29, 1.82) is 0 Å². The summed E-state index contributed by atoms with van der Waals surface area (Å²) < 4.78 is 0. The highest BCUT2D eigenvalue weighted by atomic mass is 16.3. The van der Waals surface area contributed by atoms with Gasteiger partial charge in [0.2, 0.25) is 11.9 Å². The van der Waals surface area contributed by atoms with E-state index in [9.17, 15) is 9.90 Å². The molecule has 0 aromatic carbocycles. The smallest absolute Gasteiger partial charge is 0.252 e. The fraction of sp³-hybridized carbons (Fsp3) is 0.500. The van der Waals surface area contributed by atoms with Crippen molar-refractivity contribution in [1.82, 2.24) is 19.9 Å². The van der Waals surface area contributed by atoms with Crippen molar-refractivity contribution in [3.8, 4) is 0 Å². The van der Waals surface area contributed by atoms with Gasteiger partial charge in [-0.3, -0.25) is 9.78 Å². The van der Waals surface area contributed by atoms with Gasteiger partial charge in [0.25, 0.3) is 5.56 Å². The second kappa shape index (κ2) is 7.93. The van der Waals surface area contributed by atoms with Crippen molar-refractivity contribution in [3.05, 3.63) is 34.4 Å². The highest BCUT2D eigenvalue weighted by Crippen LogP contribution is 2.18. The molecule has 0 unspecified atom stereocenters. The van der Waals surface area contributed by atoms with E-state index in [-0.39, 0.29) is 11.7 Å². The third-order valence-corrected chi connectivity index (χ3v) is 3.93. The van der Waals surface area contributed by atoms with Gasteiger partial charge in [0.1, 0.15) is 5.82 Å². The molecule has 1 aliphatic heterocycles. The van der Waals surface area contributed by atoms with Crippen molar-refractivity contribution < 1.29 is 5.11 Å². The molecule has 0 bridgehead atoms. The van der Waals surface area contributed by atoms with Gasteiger partial charge in [0.05, 0.1) is 6.10 Å². The second-order valence-corrected chi connectivity index (χ2v) is 6.07. The van der Waals surface area contributed by atoms with E-state index in [1.54, 1.807) is 13.1 Å². The monoisotopic (exact) mass is 345 g/mol. The zero-order valence-corrected chi connectivity index (χ0v) is 14.2. The molecule has 1 saturated heterocycles. The molecule has 1 aliphatic rings. The van der Waals surface area contributed by atoms with Crippen LogP contribution in [-0.2, 0) is 0 Å². The van der Waals surface area contributed by atoms with E-state index in [1.165, 1.54) is 6.07 Å². The number of hydrogen-bond acceptors (Lipinski definition) is 8. The van der Waals surface area contributed by atoms with Gasteiger partial charge in [-0.15, -0.1) is 0 Å². The molecule has 9 heteroatoms. The highest BCUT2D eigenvalue weighted by molar-refractivity contribution is 5.43. The fourth-order valence-corrected chi connectivity index (χ4v) is 2.79. The number of nitrogens with zero attached hydrogens (tertiary/aromatic N) is 4. The topological polar surface area (TPSA) is 119 Å². The number of aliphatic hydroxyl groups excluding tert-OH is 1. The van der Waals surface area contributed by atoms with Gasteiger partial charge >= 0.3 is 0 Å². The number of aromatic nitrogens is 4. The van der Waals surface area contributed by atoms with E-state index in [0.29, 0.717) is 37.2 Å². The Hall–Kier alpha value is -2.68. The van der Waals surface area contributed by atoms with Crippen molar-refractivity contribution in [2.24, 2.45) is 0 Å². The van der Waals surface area contributed by atoms with Crippen LogP contribution >= 0.6 is 0 Å². The van der Waals surface area contributed by atoms with Gasteiger partial charge in [-0.25, -0.2) is 9.97 Å². The Kier molecular flexibility index (Phi) is 5.44. The van der Waals surface area contributed by atoms with Crippen LogP contribution in [0.15, 0.2) is 23.1 Å². The Morgan fingerprint density at radius 1 is 1.36 bits per heavy atom. The van der Waals surface area contributed by atoms with Crippen molar-refractivity contribution >= 4 is 17.7 Å². The predicted octanol–water partition coefficient (Wildman–Crippen LogP) is 0.353. The standard InChI is InChI=1S/C16H23N7O2/c1-11-9-14(25)22-16(20-11)19-7-6-18-15-17-5-4-13(21-15)23-8-2-3-12(24)10-23/h4-5,9,12,24H,2-3,6-8,10H2,1H3,(H,17,18,21)(H2,19,20,22,25)/t12-/m1/s1. The van der Waals surface area contributed by atoms with E-state index < -0.39 is 0 Å². The molecule has 0 saturated carbocycles. The van der Waals surface area contributed by atoms with Crippen molar-refractivity contribution in [2.75, 3.05) is 41.7 Å². The Morgan fingerprint density at radius 2 is 2.20 bits per heavy atom. The van der Waals surface area contributed by atoms with E-state index >= 15 is 0 Å². The number of nitrogens with one attached hydrogen (secondary N) is 3. The van der Waals surface area contributed by atoms with Gasteiger partial charge in [-0.1, -0.05) is 0 Å². The number of H-pyrrole nitrogens is 1. The molecule has 0 amide bonds. The van der Waals surface area contributed by atoms with Gasteiger partial charge < -0.3 is 20.6 Å². The number of piperidine rings is 1. The Bertz CT molecular complexity index is 764. The molecule has 134 valence electrons. The van der Waals surface area contributed by atoms with Crippen LogP contribution in [-0.4, -0.2) is 57.3 Å². The third kappa shape index (κ3) is 4.90. The fourth-order valence-electron chi connectivity index (χ4n) is 2.79. The number of aromatic amines is 1. The van der Waals surface area contributed by atoms with Crippen LogP contribution in [0.5, 0.6) is 0 Å². The third-order valence-electron chi connectivity index (χ3n) is 3.93. The maximum atomic E-state index is 11.4. The van der Waals surface area contributed by atoms with Crippen LogP contribution in [0, 0.1) is 6.92 Å². The molecule has 4 N–H and O–H groups in total. The largest absolute Gasteiger partial charge is 0.391 e. The summed E-state index contributed by atoms with van der Waals surface area (Å²) in [5, 5.41) is 16.0. The summed E-state index contributed by atoms with van der Waals surface area (Å²) in [4.78, 5) is 29.0. The normalized spacial score (nSPS) is 17.4. The van der Waals surface area contributed by atoms with Crippen LogP contribution in [0.3, 0.4) is 0 Å². The maximum Gasteiger partial charge on any atom is 0.252 e. The van der Waals surface area contributed by atoms with Gasteiger partial charge in [-0.2, -0.15) is 4.98 Å². The molecule has 25 heavy (non-hydrogen) atoms. The number of anilines is 3. The first kappa shape index (κ1) is 17.2. The van der Waals surface area contributed by atoms with E-state index in [0.717, 1.165) is 25.2 Å². The molecule has 1 fully saturated rings. The molecule has 3 heterocycles. The predicted molar refractivity (Wildman–Crippen MR) is 96.1 cm³/mol. The molecule has 9 nitrogen and oxygen atoms in total. The molecule has 1 atom stereocenters. The molecule has 3 rings (SSSR count). The van der Waals surface area contributed by atoms with Crippen LogP contribution in [0.4, 0.5) is 17.7 Å². The number of hydrogen-bond donors (Lipinski definition) is 4. The zero-order chi connectivity index (χ0) is 17.6. The zero-order valence-electron chi connectivity index (χ0n) is 14.2. The van der Waals surface area contributed by atoms with Crippen LogP contribution in [0.1, 0.15) is 18.5 Å². The summed E-state index contributed by atoms with van der Waals surface area (Å²) in [6.45, 7) is 4.40. The van der Waals surface area contributed by atoms with E-state index in [4.69, 9.17) is 0 Å². The average Bonchev–Trinajstić information content (AvgIpc) is 2.58. The first-order valence-corrected chi connectivity index (χ1v) is 8.42. The number of β-amino-alcohol motifs (C(OH)–C–C–N with tert-alkyl or cyclic N) is 1. The lowest BCUT2D eigenvalue weighted by atomic mass is 10.1. The Labute approximate surface area is 145 Å². The van der Waals surface area contributed by atoms with Gasteiger partial charge in [-0.05, 0) is 25.8 Å². The first-order chi connectivity index (χ1) is 12.1. The number of rotatable bonds is 6. The quantitative estimate of drug-likeness (QED) is 0.554. The Morgan fingerprint density at radius 3 is 3.00 bits per heavy atom. The highest BCUT2D eigenvalue weighted by Gasteiger charge is 2.19. The van der Waals surface area contributed by atoms with Crippen LogP contribution < -0.4 is 21.1 Å². The Balaban J connectivity index is 1.51. The first-order valence-electron chi connectivity index (χ1n) is 8.42. The van der Waals surface area contributed by atoms with Crippen LogP contribution in [0.2, 0.25) is 0 Å². The summed E-state index contributed by atoms with van der Waals surface area (Å²) in [5.41, 5.74) is 0.488. The molecule has 0 aliphatic carbocycles. The molecular weight excluding hydrogens is 322 g/mol. The number of aryl methyl sites for hydroxylation is 1. The summed E-state index contributed by atoms with van der Waals surface area (Å²) in [6.07, 6.45) is 3.21. The van der Waals surface area contributed by atoms with Crippen molar-refractivity contribution in [3.63, 3.8) is 0 Å².